The van der Waals surface area contributed by atoms with E-state index in [1.807, 2.05) is 24.3 Å². The second kappa shape index (κ2) is 13.8. The highest BCUT2D eigenvalue weighted by atomic mass is 16.5. The summed E-state index contributed by atoms with van der Waals surface area (Å²) in [5.41, 5.74) is 5.41. The van der Waals surface area contributed by atoms with Crippen LogP contribution in [-0.2, 0) is 6.54 Å². The van der Waals surface area contributed by atoms with Gasteiger partial charge in [0, 0.05) is 48.8 Å². The predicted octanol–water partition coefficient (Wildman–Crippen LogP) is 6.89. The van der Waals surface area contributed by atoms with Crippen LogP contribution in [0.3, 0.4) is 0 Å². The SMILES string of the molecule is Cc1ccc(C#Cc2cccc(CN3CCC(Oc4cccc(C(=O)CCCC5CCCN5C)c4)CC3)c2)cc1. The Kier molecular flexibility index (Phi) is 9.71. The first kappa shape index (κ1) is 28.1. The summed E-state index contributed by atoms with van der Waals surface area (Å²) in [6.45, 7) is 6.20. The number of Topliss-reactive ketones (excluding diaryl/α,β-unsaturated/α-hetero) is 1. The zero-order valence-electron chi connectivity index (χ0n) is 24.1. The summed E-state index contributed by atoms with van der Waals surface area (Å²) in [7, 11) is 2.20. The van der Waals surface area contributed by atoms with Gasteiger partial charge in [0.05, 0.1) is 0 Å². The van der Waals surface area contributed by atoms with Crippen LogP contribution in [0.4, 0.5) is 0 Å². The fourth-order valence-corrected chi connectivity index (χ4v) is 5.89. The minimum atomic E-state index is 0.186. The smallest absolute Gasteiger partial charge is 0.163 e. The van der Waals surface area contributed by atoms with Crippen LogP contribution in [0.1, 0.15) is 77.6 Å². The Bertz CT molecular complexity index is 1330. The number of benzene rings is 3. The molecule has 2 saturated heterocycles. The van der Waals surface area contributed by atoms with Gasteiger partial charge in [0.15, 0.2) is 5.78 Å². The largest absolute Gasteiger partial charge is 0.490 e. The number of carbonyl (C=O) groups excluding carboxylic acids is 1. The average Bonchev–Trinajstić information content (AvgIpc) is 3.38. The molecule has 0 bridgehead atoms. The Balaban J connectivity index is 1.07. The third-order valence-corrected chi connectivity index (χ3v) is 8.34. The van der Waals surface area contributed by atoms with Gasteiger partial charge in [0.25, 0.3) is 0 Å². The second-order valence-electron chi connectivity index (χ2n) is 11.5. The molecule has 0 aromatic heterocycles. The number of nitrogens with zero attached hydrogens (tertiary/aromatic N) is 2. The summed E-state index contributed by atoms with van der Waals surface area (Å²) < 4.78 is 6.34. The van der Waals surface area contributed by atoms with E-state index in [-0.39, 0.29) is 11.9 Å². The van der Waals surface area contributed by atoms with Crippen LogP contribution in [0.2, 0.25) is 0 Å². The van der Waals surface area contributed by atoms with Crippen LogP contribution in [0.15, 0.2) is 72.8 Å². The Labute approximate surface area is 240 Å². The second-order valence-corrected chi connectivity index (χ2v) is 11.5. The van der Waals surface area contributed by atoms with Crippen LogP contribution in [0, 0.1) is 18.8 Å². The maximum absolute atomic E-state index is 12.8. The number of rotatable bonds is 9. The summed E-state index contributed by atoms with van der Waals surface area (Å²) >= 11 is 0. The average molecular weight is 535 g/mol. The van der Waals surface area contributed by atoms with E-state index in [0.717, 1.165) is 67.8 Å². The number of hydrogen-bond acceptors (Lipinski definition) is 4. The molecule has 2 heterocycles. The molecule has 3 aromatic carbocycles. The molecule has 2 aliphatic rings. The fourth-order valence-electron chi connectivity index (χ4n) is 5.89. The lowest BCUT2D eigenvalue weighted by Gasteiger charge is -2.32. The van der Waals surface area contributed by atoms with Crippen molar-refractivity contribution in [1.82, 2.24) is 9.80 Å². The topological polar surface area (TPSA) is 32.8 Å². The molecule has 0 radical (unpaired) electrons. The lowest BCUT2D eigenvalue weighted by Crippen LogP contribution is -2.37. The van der Waals surface area contributed by atoms with Crippen molar-refractivity contribution in [1.29, 1.82) is 0 Å². The first-order chi connectivity index (χ1) is 19.5. The van der Waals surface area contributed by atoms with E-state index in [0.29, 0.717) is 12.5 Å². The van der Waals surface area contributed by atoms with Crippen molar-refractivity contribution in [2.75, 3.05) is 26.7 Å². The molecule has 40 heavy (non-hydrogen) atoms. The standard InChI is InChI=1S/C36H42N2O2/c1-28-14-16-29(17-15-28)18-19-30-7-3-8-31(25-30)27-38-23-20-34(21-24-38)40-35-12-4-9-32(26-35)36(39)13-5-10-33-11-6-22-37(33)2/h3-4,7-9,12,14-17,25-26,33-34H,5-6,10-11,13,20-24,27H2,1-2H3. The van der Waals surface area contributed by atoms with E-state index >= 15 is 0 Å². The maximum Gasteiger partial charge on any atom is 0.163 e. The molecule has 208 valence electrons. The summed E-state index contributed by atoms with van der Waals surface area (Å²) in [5, 5.41) is 0. The van der Waals surface area contributed by atoms with Crippen LogP contribution < -0.4 is 4.74 Å². The Morgan fingerprint density at radius 3 is 2.45 bits per heavy atom. The number of ether oxygens (including phenoxy) is 1. The highest BCUT2D eigenvalue weighted by Gasteiger charge is 2.22. The first-order valence-corrected chi connectivity index (χ1v) is 14.9. The van der Waals surface area contributed by atoms with Crippen molar-refractivity contribution >= 4 is 5.78 Å². The van der Waals surface area contributed by atoms with Gasteiger partial charge in [-0.05, 0) is 101 Å². The molecule has 1 unspecified atom stereocenters. The number of piperidine rings is 1. The number of carbonyl (C=O) groups is 1. The number of likely N-dealkylation sites (tertiary alicyclic amines) is 2. The van der Waals surface area contributed by atoms with Crippen molar-refractivity contribution in [3.63, 3.8) is 0 Å². The molecular formula is C36H42N2O2. The van der Waals surface area contributed by atoms with Gasteiger partial charge in [-0.2, -0.15) is 0 Å². The van der Waals surface area contributed by atoms with Crippen LogP contribution >= 0.6 is 0 Å². The summed E-state index contributed by atoms with van der Waals surface area (Å²) in [5.74, 6) is 7.64. The molecule has 5 rings (SSSR count). The van der Waals surface area contributed by atoms with Gasteiger partial charge in [-0.3, -0.25) is 9.69 Å². The van der Waals surface area contributed by atoms with Gasteiger partial charge < -0.3 is 9.64 Å². The third-order valence-electron chi connectivity index (χ3n) is 8.34. The van der Waals surface area contributed by atoms with E-state index in [2.05, 4.69) is 84.1 Å². The van der Waals surface area contributed by atoms with Crippen molar-refractivity contribution in [3.8, 4) is 17.6 Å². The van der Waals surface area contributed by atoms with Gasteiger partial charge in [-0.15, -0.1) is 0 Å². The first-order valence-electron chi connectivity index (χ1n) is 14.9. The Hall–Kier alpha value is -3.39. The molecule has 0 amide bonds. The van der Waals surface area contributed by atoms with Crippen molar-refractivity contribution in [2.45, 2.75) is 70.6 Å². The zero-order valence-corrected chi connectivity index (χ0v) is 24.1. The number of aryl methyl sites for hydroxylation is 1. The fraction of sp³-hybridized carbons (Fsp3) is 0.417. The van der Waals surface area contributed by atoms with E-state index in [1.54, 1.807) is 0 Å². The molecule has 4 heteroatoms. The maximum atomic E-state index is 12.8. The Morgan fingerprint density at radius 2 is 1.68 bits per heavy atom. The van der Waals surface area contributed by atoms with Gasteiger partial charge in [-0.1, -0.05) is 53.8 Å². The lowest BCUT2D eigenvalue weighted by atomic mass is 10.0. The zero-order chi connectivity index (χ0) is 27.7. The minimum Gasteiger partial charge on any atom is -0.490 e. The minimum absolute atomic E-state index is 0.186. The van der Waals surface area contributed by atoms with E-state index in [4.69, 9.17) is 4.74 Å². The molecule has 4 nitrogen and oxygen atoms in total. The molecule has 0 saturated carbocycles. The van der Waals surface area contributed by atoms with E-state index in [1.165, 1.54) is 30.5 Å². The highest BCUT2D eigenvalue weighted by Crippen LogP contribution is 2.24. The van der Waals surface area contributed by atoms with Crippen LogP contribution in [0.25, 0.3) is 0 Å². The quantitative estimate of drug-likeness (QED) is 0.221. The van der Waals surface area contributed by atoms with Crippen LogP contribution in [-0.4, -0.2) is 54.4 Å². The summed E-state index contributed by atoms with van der Waals surface area (Å²) in [4.78, 5) is 17.8. The molecule has 2 fully saturated rings. The molecular weight excluding hydrogens is 492 g/mol. The molecule has 0 aliphatic carbocycles. The number of hydrogen-bond donors (Lipinski definition) is 0. The lowest BCUT2D eigenvalue weighted by molar-refractivity contribution is 0.0949. The summed E-state index contributed by atoms with van der Waals surface area (Å²) in [6, 6.07) is 25.4. The predicted molar refractivity (Wildman–Crippen MR) is 163 cm³/mol. The van der Waals surface area contributed by atoms with E-state index < -0.39 is 0 Å². The Morgan fingerprint density at radius 1 is 0.900 bits per heavy atom. The third kappa shape index (κ3) is 8.07. The molecule has 2 aliphatic heterocycles. The van der Waals surface area contributed by atoms with E-state index in [9.17, 15) is 4.79 Å². The normalized spacial score (nSPS) is 18.3. The highest BCUT2D eigenvalue weighted by molar-refractivity contribution is 5.96. The molecule has 0 spiro atoms. The van der Waals surface area contributed by atoms with Crippen molar-refractivity contribution in [2.24, 2.45) is 0 Å². The van der Waals surface area contributed by atoms with Crippen molar-refractivity contribution < 1.29 is 9.53 Å². The van der Waals surface area contributed by atoms with Gasteiger partial charge in [0.1, 0.15) is 11.9 Å². The molecule has 1 atom stereocenters. The number of ketones is 1. The van der Waals surface area contributed by atoms with Crippen molar-refractivity contribution in [3.05, 3.63) is 101 Å². The molecule has 0 N–H and O–H groups in total. The molecule has 3 aromatic rings. The van der Waals surface area contributed by atoms with Crippen LogP contribution in [0.5, 0.6) is 5.75 Å². The van der Waals surface area contributed by atoms with Gasteiger partial charge in [0.2, 0.25) is 0 Å². The summed E-state index contributed by atoms with van der Waals surface area (Å²) in [6.07, 6.45) is 7.39. The monoisotopic (exact) mass is 534 g/mol. The van der Waals surface area contributed by atoms with Gasteiger partial charge in [-0.25, -0.2) is 0 Å². The van der Waals surface area contributed by atoms with Gasteiger partial charge >= 0.3 is 0 Å².